The van der Waals surface area contributed by atoms with Crippen molar-refractivity contribution in [2.75, 3.05) is 4.90 Å². The van der Waals surface area contributed by atoms with Crippen molar-refractivity contribution in [1.82, 2.24) is 13.7 Å². The highest BCUT2D eigenvalue weighted by molar-refractivity contribution is 7.24. The van der Waals surface area contributed by atoms with E-state index in [9.17, 15) is 0 Å². The predicted molar refractivity (Wildman–Crippen MR) is 358 cm³/mol. The summed E-state index contributed by atoms with van der Waals surface area (Å²) in [5.41, 5.74) is 14.3. The normalized spacial score (nSPS) is 13.9. The number of rotatable bonds is 7. The maximum absolute atomic E-state index is 3.13. The van der Waals surface area contributed by atoms with Gasteiger partial charge >= 0.3 is 0 Å². The highest BCUT2D eigenvalue weighted by atomic mass is 28.3. The van der Waals surface area contributed by atoms with E-state index in [0.29, 0.717) is 0 Å². The number of hydrogen-bond donors (Lipinski definition) is 0. The first-order chi connectivity index (χ1) is 41.7. The molecule has 0 N–H and O–H groups in total. The van der Waals surface area contributed by atoms with E-state index in [1.54, 1.807) is 0 Å². The third kappa shape index (κ3) is 6.30. The van der Waals surface area contributed by atoms with Crippen LogP contribution in [0.1, 0.15) is 0 Å². The van der Waals surface area contributed by atoms with Gasteiger partial charge < -0.3 is 18.6 Å². The van der Waals surface area contributed by atoms with Crippen LogP contribution in [0.25, 0.3) is 82.5 Å². The fraction of sp³-hybridized carbons (Fsp3) is 0. The van der Waals surface area contributed by atoms with Gasteiger partial charge in [0.15, 0.2) is 16.1 Å². The van der Waals surface area contributed by atoms with Gasteiger partial charge in [-0.15, -0.1) is 0 Å². The van der Waals surface area contributed by atoms with Crippen LogP contribution in [0.15, 0.2) is 315 Å². The molecule has 84 heavy (non-hydrogen) atoms. The molecule has 0 unspecified atom stereocenters. The Balaban J connectivity index is 0.957. The second kappa shape index (κ2) is 18.0. The van der Waals surface area contributed by atoms with Crippen LogP contribution in [-0.2, 0) is 0 Å². The molecule has 2 aliphatic heterocycles. The monoisotopic (exact) mass is 1100 g/mol. The van der Waals surface area contributed by atoms with Gasteiger partial charge in [0.05, 0.1) is 33.1 Å². The first-order valence-corrected chi connectivity index (χ1v) is 33.2. The molecule has 0 bridgehead atoms. The molecule has 5 heterocycles. The largest absolute Gasteiger partial charge is 0.311 e. The predicted octanol–water partition coefficient (Wildman–Crippen LogP) is 13.8. The highest BCUT2D eigenvalue weighted by Crippen LogP contribution is 2.45. The van der Waals surface area contributed by atoms with Crippen molar-refractivity contribution in [3.05, 3.63) is 315 Å². The van der Waals surface area contributed by atoms with Gasteiger partial charge in [-0.3, -0.25) is 0 Å². The first kappa shape index (κ1) is 47.2. The smallest absolute Gasteiger partial charge is 0.184 e. The Morgan fingerprint density at radius 3 is 0.929 bits per heavy atom. The molecule has 0 saturated carbocycles. The molecule has 0 amide bonds. The number of anilines is 3. The quantitative estimate of drug-likeness (QED) is 0.145. The molecule has 0 aliphatic carbocycles. The Bertz CT molecular complexity index is 4960. The third-order valence-corrected chi connectivity index (χ3v) is 28.4. The maximum atomic E-state index is 2.70. The average Bonchev–Trinajstić information content (AvgIpc) is 0.931. The second-order valence-corrected chi connectivity index (χ2v) is 30.2. The number of hydrogen-bond acceptors (Lipinski definition) is 1. The molecule has 0 spiro atoms. The molecule has 16 aromatic rings. The van der Waals surface area contributed by atoms with Crippen LogP contribution in [0.2, 0.25) is 0 Å². The standard InChI is InChI=1S/C78H52N4Si2/c1-5-24-56(25-6-1)83(57-26-7-2-8-27-57)74-41-22-21-40-72(74)82-73-52-55(46-49-75(73)84(58-28-9-3-10-29-58,59-30-11-4-12-31-59)77-43-23-42-76(83)78(77)82)81-70-47-44-53(79-66-36-17-13-32-60(66)61-33-14-18-37-67(61)79)50-64(70)65-51-54(45-48-71(65)81)80-68-38-19-15-34-62(68)63-35-16-20-39-69(63)80/h1-52H. The fourth-order valence-electron chi connectivity index (χ4n) is 15.5. The number of fused-ring (bicyclic) bond motifs is 13. The van der Waals surface area contributed by atoms with E-state index in [1.807, 2.05) is 0 Å². The van der Waals surface area contributed by atoms with Crippen LogP contribution >= 0.6 is 0 Å². The van der Waals surface area contributed by atoms with Gasteiger partial charge in [-0.25, -0.2) is 0 Å². The molecule has 6 heteroatoms. The molecule has 0 radical (unpaired) electrons. The van der Waals surface area contributed by atoms with E-state index < -0.39 is 16.1 Å². The van der Waals surface area contributed by atoms with Gasteiger partial charge in [0.2, 0.25) is 0 Å². The zero-order valence-electron chi connectivity index (χ0n) is 45.8. The summed E-state index contributed by atoms with van der Waals surface area (Å²) in [6, 6.07) is 120. The van der Waals surface area contributed by atoms with Gasteiger partial charge in [0.25, 0.3) is 0 Å². The van der Waals surface area contributed by atoms with Crippen molar-refractivity contribution in [3.8, 4) is 17.1 Å². The van der Waals surface area contributed by atoms with Gasteiger partial charge in [-0.2, -0.15) is 0 Å². The fourth-order valence-corrected chi connectivity index (χ4v) is 25.8. The lowest BCUT2D eigenvalue weighted by Gasteiger charge is -2.52. The van der Waals surface area contributed by atoms with Crippen LogP contribution in [-0.4, -0.2) is 29.8 Å². The van der Waals surface area contributed by atoms with E-state index in [4.69, 9.17) is 0 Å². The van der Waals surface area contributed by atoms with Crippen molar-refractivity contribution in [2.24, 2.45) is 0 Å². The molecular formula is C78H52N4Si2. The summed E-state index contributed by atoms with van der Waals surface area (Å²) in [6.07, 6.45) is 0. The zero-order chi connectivity index (χ0) is 55.1. The molecule has 0 atom stereocenters. The Labute approximate surface area is 488 Å². The number of nitrogens with zero attached hydrogens (tertiary/aromatic N) is 4. The molecule has 13 aromatic carbocycles. The summed E-state index contributed by atoms with van der Waals surface area (Å²) >= 11 is 0. The van der Waals surface area contributed by atoms with Gasteiger partial charge in [0.1, 0.15) is 0 Å². The second-order valence-electron chi connectivity index (χ2n) is 22.7. The summed E-state index contributed by atoms with van der Waals surface area (Å²) in [4.78, 5) is 2.70. The molecule has 4 nitrogen and oxygen atoms in total. The Morgan fingerprint density at radius 2 is 0.512 bits per heavy atom. The first-order valence-electron chi connectivity index (χ1n) is 29.2. The van der Waals surface area contributed by atoms with Gasteiger partial charge in [0, 0.05) is 66.4 Å². The lowest BCUT2D eigenvalue weighted by atomic mass is 10.1. The summed E-state index contributed by atoms with van der Waals surface area (Å²) in [5, 5.41) is 18.5. The SMILES string of the molecule is c1ccc([Si]2(c3ccccc3)c3ccccc3N3c4cc(-n5c6ccc(-n7c8ccccc8c8ccccc87)cc6c6cc(-n7c8ccccc8c8ccccc87)ccc65)ccc4[Si](c4ccccc4)(c4ccccc4)c4cccc2c43)cc1. The minimum atomic E-state index is -3.13. The Hall–Kier alpha value is -10.5. The average molecular weight is 1100 g/mol. The van der Waals surface area contributed by atoms with E-state index in [1.165, 1.54) is 113 Å². The minimum Gasteiger partial charge on any atom is -0.311 e. The van der Waals surface area contributed by atoms with Crippen LogP contribution in [0.4, 0.5) is 17.1 Å². The van der Waals surface area contributed by atoms with Crippen molar-refractivity contribution >= 4 is 140 Å². The number of para-hydroxylation sites is 6. The summed E-state index contributed by atoms with van der Waals surface area (Å²) in [7, 11) is -6.14. The molecule has 2 aliphatic rings. The van der Waals surface area contributed by atoms with E-state index in [2.05, 4.69) is 334 Å². The highest BCUT2D eigenvalue weighted by Gasteiger charge is 2.56. The van der Waals surface area contributed by atoms with E-state index >= 15 is 0 Å². The summed E-state index contributed by atoms with van der Waals surface area (Å²) in [5.74, 6) is 0. The van der Waals surface area contributed by atoms with Gasteiger partial charge in [-0.05, 0) is 120 Å². The van der Waals surface area contributed by atoms with Crippen LogP contribution in [0, 0.1) is 0 Å². The van der Waals surface area contributed by atoms with Crippen molar-refractivity contribution in [3.63, 3.8) is 0 Å². The molecule has 3 aromatic heterocycles. The van der Waals surface area contributed by atoms with Crippen LogP contribution < -0.4 is 46.4 Å². The van der Waals surface area contributed by atoms with Crippen molar-refractivity contribution in [1.29, 1.82) is 0 Å². The van der Waals surface area contributed by atoms with Gasteiger partial charge in [-0.1, -0.05) is 237 Å². The molecule has 18 rings (SSSR count). The molecule has 392 valence electrons. The lowest BCUT2D eigenvalue weighted by Crippen LogP contribution is -2.82. The maximum Gasteiger partial charge on any atom is 0.184 e. The summed E-state index contributed by atoms with van der Waals surface area (Å²) in [6.45, 7) is 0. The number of aromatic nitrogens is 3. The number of benzene rings is 13. The van der Waals surface area contributed by atoms with Crippen molar-refractivity contribution < 1.29 is 0 Å². The van der Waals surface area contributed by atoms with Crippen molar-refractivity contribution in [2.45, 2.75) is 0 Å². The van der Waals surface area contributed by atoms with Crippen LogP contribution in [0.3, 0.4) is 0 Å². The Morgan fingerprint density at radius 1 is 0.202 bits per heavy atom. The molecule has 0 saturated heterocycles. The van der Waals surface area contributed by atoms with E-state index in [0.717, 1.165) is 28.1 Å². The summed E-state index contributed by atoms with van der Waals surface area (Å²) < 4.78 is 7.46. The lowest BCUT2D eigenvalue weighted by molar-refractivity contribution is 1.15. The topological polar surface area (TPSA) is 18.0 Å². The molecule has 0 fully saturated rings. The Kier molecular flexibility index (Phi) is 10.1. The van der Waals surface area contributed by atoms with Crippen LogP contribution in [0.5, 0.6) is 0 Å². The zero-order valence-corrected chi connectivity index (χ0v) is 47.8. The minimum absolute atomic E-state index is 1.12. The van der Waals surface area contributed by atoms with E-state index in [-0.39, 0.29) is 0 Å². The third-order valence-electron chi connectivity index (χ3n) is 18.7. The molecular weight excluding hydrogens is 1050 g/mol.